The molecule has 0 amide bonds. The van der Waals surface area contributed by atoms with E-state index in [1.54, 1.807) is 0 Å². The Bertz CT molecular complexity index is 841. The van der Waals surface area contributed by atoms with E-state index < -0.39 is 0 Å². The highest BCUT2D eigenvalue weighted by atomic mass is 16.5. The fourth-order valence-electron chi connectivity index (χ4n) is 6.45. The Labute approximate surface area is 178 Å². The smallest absolute Gasteiger partial charge is 0.338 e. The molecule has 6 nitrogen and oxygen atoms in total. The molecule has 5 aliphatic rings. The number of nitrogens with one attached hydrogen (secondary N) is 2. The highest BCUT2D eigenvalue weighted by Crippen LogP contribution is 2.56. The lowest BCUT2D eigenvalue weighted by Crippen LogP contribution is -2.54. The van der Waals surface area contributed by atoms with Gasteiger partial charge in [-0.1, -0.05) is 0 Å². The third-order valence-electron chi connectivity index (χ3n) is 7.28. The zero-order valence-corrected chi connectivity index (χ0v) is 17.8. The first-order valence-electron chi connectivity index (χ1n) is 11.5. The number of rotatable bonds is 7. The van der Waals surface area contributed by atoms with Crippen molar-refractivity contribution in [3.05, 3.63) is 23.8 Å². The fourth-order valence-corrected chi connectivity index (χ4v) is 6.45. The third-order valence-corrected chi connectivity index (χ3v) is 7.28. The summed E-state index contributed by atoms with van der Waals surface area (Å²) in [7, 11) is 0. The first kappa shape index (κ1) is 19.6. The second kappa shape index (κ2) is 8.05. The van der Waals surface area contributed by atoms with Crippen LogP contribution in [-0.2, 0) is 4.74 Å². The molecule has 4 bridgehead atoms. The molecule has 4 aliphatic carbocycles. The molecule has 0 unspecified atom stereocenters. The Morgan fingerprint density at radius 2 is 1.87 bits per heavy atom. The lowest BCUT2D eigenvalue weighted by Gasteiger charge is -2.57. The van der Waals surface area contributed by atoms with Gasteiger partial charge in [0.05, 0.1) is 30.1 Å². The summed E-state index contributed by atoms with van der Waals surface area (Å²) >= 11 is 0. The van der Waals surface area contributed by atoms with E-state index in [0.717, 1.165) is 41.3 Å². The van der Waals surface area contributed by atoms with Crippen molar-refractivity contribution in [1.82, 2.24) is 0 Å². The Morgan fingerprint density at radius 3 is 2.50 bits per heavy atom. The molecular formula is C24H32N4O2. The van der Waals surface area contributed by atoms with Crippen molar-refractivity contribution in [2.75, 3.05) is 30.5 Å². The highest BCUT2D eigenvalue weighted by molar-refractivity contribution is 5.99. The van der Waals surface area contributed by atoms with Crippen molar-refractivity contribution in [3.63, 3.8) is 0 Å². The number of carbonyl (C=O) groups is 1. The van der Waals surface area contributed by atoms with Gasteiger partial charge in [0.15, 0.2) is 0 Å². The van der Waals surface area contributed by atoms with Crippen LogP contribution in [0.4, 0.5) is 11.4 Å². The van der Waals surface area contributed by atoms with Gasteiger partial charge in [0.1, 0.15) is 6.67 Å². The predicted molar refractivity (Wildman–Crippen MR) is 121 cm³/mol. The SMILES string of the molecule is CCOC(=O)c1ccc(NC23CC4CC(CC(C4)C2)C3)c(NCC2=NCN=CC2)c1. The van der Waals surface area contributed by atoms with Crippen LogP contribution in [0.25, 0.3) is 0 Å². The average Bonchev–Trinajstić information content (AvgIpc) is 2.72. The van der Waals surface area contributed by atoms with E-state index in [4.69, 9.17) is 4.74 Å². The van der Waals surface area contributed by atoms with Gasteiger partial charge in [-0.15, -0.1) is 0 Å². The summed E-state index contributed by atoms with van der Waals surface area (Å²) in [5.41, 5.74) is 3.94. The molecule has 1 aromatic rings. The topological polar surface area (TPSA) is 75.1 Å². The van der Waals surface area contributed by atoms with Gasteiger partial charge in [-0.3, -0.25) is 9.98 Å². The van der Waals surface area contributed by atoms with E-state index >= 15 is 0 Å². The van der Waals surface area contributed by atoms with Gasteiger partial charge in [0, 0.05) is 23.9 Å². The minimum Gasteiger partial charge on any atom is -0.462 e. The number of hydrogen-bond acceptors (Lipinski definition) is 6. The lowest BCUT2D eigenvalue weighted by atomic mass is 9.53. The first-order chi connectivity index (χ1) is 14.6. The van der Waals surface area contributed by atoms with Crippen molar-refractivity contribution in [3.8, 4) is 0 Å². The van der Waals surface area contributed by atoms with Gasteiger partial charge in [-0.05, 0) is 81.4 Å². The Hall–Kier alpha value is -2.37. The molecule has 1 heterocycles. The van der Waals surface area contributed by atoms with Crippen molar-refractivity contribution >= 4 is 29.3 Å². The summed E-state index contributed by atoms with van der Waals surface area (Å²) in [6.45, 7) is 3.39. The molecule has 160 valence electrons. The zero-order chi connectivity index (χ0) is 20.6. The molecule has 4 fully saturated rings. The molecule has 6 heteroatoms. The van der Waals surface area contributed by atoms with Crippen LogP contribution in [0.5, 0.6) is 0 Å². The Morgan fingerprint density at radius 1 is 1.13 bits per heavy atom. The summed E-state index contributed by atoms with van der Waals surface area (Å²) in [4.78, 5) is 21.0. The molecule has 1 aliphatic heterocycles. The van der Waals surface area contributed by atoms with Gasteiger partial charge in [-0.25, -0.2) is 4.79 Å². The lowest BCUT2D eigenvalue weighted by molar-refractivity contribution is 0.0107. The minimum atomic E-state index is -0.274. The van der Waals surface area contributed by atoms with Crippen LogP contribution in [0.2, 0.25) is 0 Å². The monoisotopic (exact) mass is 408 g/mol. The van der Waals surface area contributed by atoms with Crippen molar-refractivity contribution in [2.24, 2.45) is 27.7 Å². The first-order valence-corrected chi connectivity index (χ1v) is 11.5. The summed E-state index contributed by atoms with van der Waals surface area (Å²) < 4.78 is 5.22. The Kier molecular flexibility index (Phi) is 5.25. The van der Waals surface area contributed by atoms with Crippen molar-refractivity contribution in [2.45, 2.75) is 57.4 Å². The average molecular weight is 409 g/mol. The summed E-state index contributed by atoms with van der Waals surface area (Å²) in [5, 5.41) is 7.50. The maximum absolute atomic E-state index is 12.3. The number of anilines is 2. The number of esters is 1. The van der Waals surface area contributed by atoms with Crippen LogP contribution in [0, 0.1) is 17.8 Å². The summed E-state index contributed by atoms with van der Waals surface area (Å²) in [5.74, 6) is 2.38. The molecule has 0 aromatic heterocycles. The van der Waals surface area contributed by atoms with Crippen LogP contribution in [0.1, 0.15) is 62.2 Å². The normalized spacial score (nSPS) is 31.4. The van der Waals surface area contributed by atoms with E-state index in [1.165, 1.54) is 38.5 Å². The number of benzene rings is 1. The largest absolute Gasteiger partial charge is 0.462 e. The molecule has 0 saturated heterocycles. The number of hydrogen-bond donors (Lipinski definition) is 2. The fraction of sp³-hybridized carbons (Fsp3) is 0.625. The zero-order valence-electron chi connectivity index (χ0n) is 17.8. The molecule has 4 saturated carbocycles. The maximum Gasteiger partial charge on any atom is 0.338 e. The van der Waals surface area contributed by atoms with Crippen LogP contribution >= 0.6 is 0 Å². The summed E-state index contributed by atoms with van der Waals surface area (Å²) in [6.07, 6.45) is 10.8. The molecule has 1 aromatic carbocycles. The summed E-state index contributed by atoms with van der Waals surface area (Å²) in [6, 6.07) is 5.87. The number of carbonyl (C=O) groups excluding carboxylic acids is 1. The molecule has 2 N–H and O–H groups in total. The highest BCUT2D eigenvalue weighted by Gasteiger charge is 2.51. The van der Waals surface area contributed by atoms with Crippen LogP contribution in [0.15, 0.2) is 28.2 Å². The number of ether oxygens (including phenoxy) is 1. The quantitative estimate of drug-likeness (QED) is 0.650. The molecule has 0 atom stereocenters. The molecule has 30 heavy (non-hydrogen) atoms. The number of nitrogens with zero attached hydrogens (tertiary/aromatic N) is 2. The Balaban J connectivity index is 1.38. The van der Waals surface area contributed by atoms with Crippen LogP contribution in [-0.4, -0.2) is 43.3 Å². The van der Waals surface area contributed by atoms with Crippen molar-refractivity contribution in [1.29, 1.82) is 0 Å². The molecule has 6 rings (SSSR count). The van der Waals surface area contributed by atoms with Gasteiger partial charge in [-0.2, -0.15) is 0 Å². The molecule has 0 spiro atoms. The van der Waals surface area contributed by atoms with Crippen molar-refractivity contribution < 1.29 is 9.53 Å². The standard InChI is InChI=1S/C24H32N4O2/c1-2-30-23(29)19-3-4-21(22(10-19)26-14-20-5-6-25-15-27-20)28-24-11-16-7-17(12-24)9-18(8-16)13-24/h3-4,6,10,16-18,26,28H,2,5,7-9,11-15H2,1H3. The van der Waals surface area contributed by atoms with Gasteiger partial charge < -0.3 is 15.4 Å². The van der Waals surface area contributed by atoms with E-state index in [0.29, 0.717) is 25.4 Å². The molecule has 0 radical (unpaired) electrons. The second-order valence-corrected chi connectivity index (χ2v) is 9.59. The maximum atomic E-state index is 12.3. The van der Waals surface area contributed by atoms with E-state index in [9.17, 15) is 4.79 Å². The third kappa shape index (κ3) is 3.96. The molecular weight excluding hydrogens is 376 g/mol. The minimum absolute atomic E-state index is 0.214. The van der Waals surface area contributed by atoms with Gasteiger partial charge in [0.25, 0.3) is 0 Å². The predicted octanol–water partition coefficient (Wildman–Crippen LogP) is 4.53. The number of aliphatic imine (C=N–C) groups is 2. The van der Waals surface area contributed by atoms with E-state index in [2.05, 4.69) is 26.7 Å². The van der Waals surface area contributed by atoms with E-state index in [1.807, 2.05) is 25.3 Å². The van der Waals surface area contributed by atoms with Gasteiger partial charge >= 0.3 is 5.97 Å². The van der Waals surface area contributed by atoms with Gasteiger partial charge in [0.2, 0.25) is 0 Å². The van der Waals surface area contributed by atoms with Crippen LogP contribution in [0.3, 0.4) is 0 Å². The van der Waals surface area contributed by atoms with E-state index in [-0.39, 0.29) is 11.5 Å². The van der Waals surface area contributed by atoms with Crippen LogP contribution < -0.4 is 10.6 Å². The second-order valence-electron chi connectivity index (χ2n) is 9.59.